The van der Waals surface area contributed by atoms with Crippen LogP contribution in [0.4, 0.5) is 0 Å². The van der Waals surface area contributed by atoms with Gasteiger partial charge in [-0.25, -0.2) is 0 Å². The highest BCUT2D eigenvalue weighted by molar-refractivity contribution is 5.94. The Morgan fingerprint density at radius 3 is 2.38 bits per heavy atom. The van der Waals surface area contributed by atoms with Gasteiger partial charge >= 0.3 is 0 Å². The number of Topliss-reactive ketones (excluding diaryl/α,β-unsaturated/α-hetero) is 1. The van der Waals surface area contributed by atoms with E-state index >= 15 is 0 Å². The molecule has 5 heteroatoms. The average molecular weight is 334 g/mol. The van der Waals surface area contributed by atoms with Crippen molar-refractivity contribution in [1.29, 1.82) is 0 Å². The maximum absolute atomic E-state index is 11.4. The zero-order valence-corrected chi connectivity index (χ0v) is 15.1. The zero-order valence-electron chi connectivity index (χ0n) is 15.1. The van der Waals surface area contributed by atoms with Crippen LogP contribution in [0.5, 0.6) is 5.75 Å². The Balaban J connectivity index is 1.71. The van der Waals surface area contributed by atoms with E-state index in [2.05, 4.69) is 23.6 Å². The molecular formula is C19H30N2O3. The van der Waals surface area contributed by atoms with E-state index in [1.165, 1.54) is 6.92 Å². The fourth-order valence-electron chi connectivity index (χ4n) is 3.02. The van der Waals surface area contributed by atoms with Crippen molar-refractivity contribution < 1.29 is 14.6 Å². The third-order valence-electron chi connectivity index (χ3n) is 4.24. The predicted octanol–water partition coefficient (Wildman–Crippen LogP) is 1.90. The van der Waals surface area contributed by atoms with Crippen molar-refractivity contribution in [1.82, 2.24) is 9.80 Å². The molecule has 1 fully saturated rings. The van der Waals surface area contributed by atoms with Crippen LogP contribution in [0.1, 0.15) is 31.1 Å². The van der Waals surface area contributed by atoms with E-state index in [4.69, 9.17) is 4.74 Å². The van der Waals surface area contributed by atoms with Gasteiger partial charge < -0.3 is 14.7 Å². The number of aliphatic hydroxyl groups excluding tert-OH is 1. The van der Waals surface area contributed by atoms with E-state index < -0.39 is 6.10 Å². The Morgan fingerprint density at radius 1 is 1.17 bits per heavy atom. The lowest BCUT2D eigenvalue weighted by Crippen LogP contribution is -2.49. The molecular weight excluding hydrogens is 304 g/mol. The monoisotopic (exact) mass is 334 g/mol. The largest absolute Gasteiger partial charge is 0.491 e. The van der Waals surface area contributed by atoms with Crippen molar-refractivity contribution in [3.05, 3.63) is 29.8 Å². The number of carbonyl (C=O) groups is 1. The van der Waals surface area contributed by atoms with Gasteiger partial charge in [-0.3, -0.25) is 9.69 Å². The lowest BCUT2D eigenvalue weighted by molar-refractivity contribution is 0.0440. The second kappa shape index (κ2) is 9.16. The summed E-state index contributed by atoms with van der Waals surface area (Å²) < 4.78 is 5.63. The summed E-state index contributed by atoms with van der Waals surface area (Å²) in [6, 6.07) is 7.10. The van der Waals surface area contributed by atoms with E-state index in [0.29, 0.717) is 23.8 Å². The lowest BCUT2D eigenvalue weighted by Gasteiger charge is -2.36. The molecule has 0 aromatic heterocycles. The van der Waals surface area contributed by atoms with Gasteiger partial charge in [0.25, 0.3) is 0 Å². The zero-order chi connectivity index (χ0) is 17.5. The van der Waals surface area contributed by atoms with Crippen LogP contribution in [0.15, 0.2) is 24.3 Å². The smallest absolute Gasteiger partial charge is 0.159 e. The van der Waals surface area contributed by atoms with Crippen molar-refractivity contribution in [3.63, 3.8) is 0 Å². The molecule has 1 saturated heterocycles. The molecule has 1 unspecified atom stereocenters. The van der Waals surface area contributed by atoms with Crippen molar-refractivity contribution >= 4 is 5.78 Å². The summed E-state index contributed by atoms with van der Waals surface area (Å²) >= 11 is 0. The third-order valence-corrected chi connectivity index (χ3v) is 4.24. The number of ketones is 1. The molecule has 1 atom stereocenters. The molecule has 1 aliphatic heterocycles. The standard InChI is InChI=1S/C19H30N2O3/c1-15(2)12-20-7-9-21(10-8-20)13-18(23)14-24-19-6-4-5-17(11-19)16(3)22/h4-6,11,15,18,23H,7-10,12-14H2,1-3H3. The molecule has 0 bridgehead atoms. The fraction of sp³-hybridized carbons (Fsp3) is 0.632. The molecule has 5 nitrogen and oxygen atoms in total. The Kier molecular flexibility index (Phi) is 7.21. The van der Waals surface area contributed by atoms with Crippen LogP contribution < -0.4 is 4.74 Å². The number of piperazine rings is 1. The van der Waals surface area contributed by atoms with E-state index in [1.807, 2.05) is 6.07 Å². The van der Waals surface area contributed by atoms with Gasteiger partial charge in [0.15, 0.2) is 5.78 Å². The highest BCUT2D eigenvalue weighted by Gasteiger charge is 2.19. The lowest BCUT2D eigenvalue weighted by atomic mass is 10.1. The van der Waals surface area contributed by atoms with Crippen LogP contribution in [0.3, 0.4) is 0 Å². The van der Waals surface area contributed by atoms with Gasteiger partial charge in [0, 0.05) is 44.8 Å². The quantitative estimate of drug-likeness (QED) is 0.736. The first-order valence-electron chi connectivity index (χ1n) is 8.80. The summed E-state index contributed by atoms with van der Waals surface area (Å²) in [6.45, 7) is 12.1. The minimum absolute atomic E-state index is 0.0141. The Morgan fingerprint density at radius 2 is 1.79 bits per heavy atom. The molecule has 2 rings (SSSR count). The number of carbonyl (C=O) groups excluding carboxylic acids is 1. The Hall–Kier alpha value is -1.43. The molecule has 0 amide bonds. The maximum Gasteiger partial charge on any atom is 0.159 e. The number of benzene rings is 1. The molecule has 1 heterocycles. The summed E-state index contributed by atoms with van der Waals surface area (Å²) in [7, 11) is 0. The minimum Gasteiger partial charge on any atom is -0.491 e. The van der Waals surface area contributed by atoms with E-state index in [0.717, 1.165) is 32.7 Å². The van der Waals surface area contributed by atoms with Crippen LogP contribution in [0, 0.1) is 5.92 Å². The fourth-order valence-corrected chi connectivity index (χ4v) is 3.02. The van der Waals surface area contributed by atoms with Crippen molar-refractivity contribution in [2.75, 3.05) is 45.9 Å². The molecule has 1 aromatic rings. The predicted molar refractivity (Wildman–Crippen MR) is 95.7 cm³/mol. The van der Waals surface area contributed by atoms with Gasteiger partial charge in [-0.05, 0) is 25.0 Å². The normalized spacial score (nSPS) is 17.9. The average Bonchev–Trinajstić information content (AvgIpc) is 2.54. The summed E-state index contributed by atoms with van der Waals surface area (Å²) in [5.41, 5.74) is 0.628. The number of hydrogen-bond acceptors (Lipinski definition) is 5. The molecule has 24 heavy (non-hydrogen) atoms. The first kappa shape index (κ1) is 18.9. The molecule has 1 aliphatic rings. The molecule has 1 N–H and O–H groups in total. The van der Waals surface area contributed by atoms with Gasteiger partial charge in [-0.2, -0.15) is 0 Å². The highest BCUT2D eigenvalue weighted by atomic mass is 16.5. The van der Waals surface area contributed by atoms with Gasteiger partial charge in [-0.1, -0.05) is 26.0 Å². The Bertz CT molecular complexity index is 525. The number of nitrogens with zero attached hydrogens (tertiary/aromatic N) is 2. The first-order valence-corrected chi connectivity index (χ1v) is 8.80. The topological polar surface area (TPSA) is 53.0 Å². The van der Waals surface area contributed by atoms with Crippen molar-refractivity contribution in [2.45, 2.75) is 26.9 Å². The second-order valence-corrected chi connectivity index (χ2v) is 7.04. The van der Waals surface area contributed by atoms with E-state index in [-0.39, 0.29) is 12.4 Å². The minimum atomic E-state index is -0.525. The highest BCUT2D eigenvalue weighted by Crippen LogP contribution is 2.14. The SMILES string of the molecule is CC(=O)c1cccc(OCC(O)CN2CCN(CC(C)C)CC2)c1. The van der Waals surface area contributed by atoms with Gasteiger partial charge in [0.2, 0.25) is 0 Å². The summed E-state index contributed by atoms with van der Waals surface area (Å²) in [4.78, 5) is 16.1. The number of β-amino-alcohol motifs (C(OH)–C–C–N with tert-alkyl or cyclic N) is 1. The maximum atomic E-state index is 11.4. The van der Waals surface area contributed by atoms with Crippen LogP contribution in [-0.2, 0) is 0 Å². The molecule has 134 valence electrons. The van der Waals surface area contributed by atoms with Gasteiger partial charge in [0.1, 0.15) is 18.5 Å². The molecule has 0 aliphatic carbocycles. The van der Waals surface area contributed by atoms with Crippen LogP contribution in [-0.4, -0.2) is 72.7 Å². The molecule has 0 spiro atoms. The second-order valence-electron chi connectivity index (χ2n) is 7.04. The Labute approximate surface area is 145 Å². The van der Waals surface area contributed by atoms with E-state index in [1.54, 1.807) is 18.2 Å². The molecule has 0 saturated carbocycles. The van der Waals surface area contributed by atoms with Crippen LogP contribution in [0.25, 0.3) is 0 Å². The summed E-state index contributed by atoms with van der Waals surface area (Å²) in [5.74, 6) is 1.34. The number of hydrogen-bond donors (Lipinski definition) is 1. The number of rotatable bonds is 8. The molecule has 1 aromatic carbocycles. The van der Waals surface area contributed by atoms with Crippen molar-refractivity contribution in [2.24, 2.45) is 5.92 Å². The summed E-state index contributed by atoms with van der Waals surface area (Å²) in [5, 5.41) is 10.2. The summed E-state index contributed by atoms with van der Waals surface area (Å²) in [6.07, 6.45) is -0.525. The number of ether oxygens (including phenoxy) is 1. The van der Waals surface area contributed by atoms with Gasteiger partial charge in [0.05, 0.1) is 0 Å². The third kappa shape index (κ3) is 6.23. The number of aliphatic hydroxyl groups is 1. The van der Waals surface area contributed by atoms with Crippen LogP contribution in [0.2, 0.25) is 0 Å². The molecule has 0 radical (unpaired) electrons. The van der Waals surface area contributed by atoms with Crippen LogP contribution >= 0.6 is 0 Å². The van der Waals surface area contributed by atoms with Gasteiger partial charge in [-0.15, -0.1) is 0 Å². The van der Waals surface area contributed by atoms with E-state index in [9.17, 15) is 9.90 Å². The first-order chi connectivity index (χ1) is 11.4. The van der Waals surface area contributed by atoms with Crippen molar-refractivity contribution in [3.8, 4) is 5.75 Å².